The van der Waals surface area contributed by atoms with Crippen molar-refractivity contribution in [1.82, 2.24) is 19.2 Å². The van der Waals surface area contributed by atoms with Crippen LogP contribution < -0.4 is 14.9 Å². The third-order valence-corrected chi connectivity index (χ3v) is 8.20. The zero-order chi connectivity index (χ0) is 24.6. The summed E-state index contributed by atoms with van der Waals surface area (Å²) in [6.45, 7) is 3.13. The Morgan fingerprint density at radius 1 is 1.20 bits per heavy atom. The molecular weight excluding hydrogens is 491 g/mol. The second kappa shape index (κ2) is 9.27. The first kappa shape index (κ1) is 23.2. The van der Waals surface area contributed by atoms with Crippen LogP contribution >= 0.6 is 11.5 Å². The highest BCUT2D eigenvalue weighted by atomic mass is 32.2. The molecule has 0 spiro atoms. The lowest BCUT2D eigenvalue weighted by atomic mass is 10.2. The van der Waals surface area contributed by atoms with Gasteiger partial charge in [0.25, 0.3) is 10.0 Å². The minimum absolute atomic E-state index is 0.0500. The maximum Gasteiger partial charge on any atom is 0.263 e. The number of anilines is 2. The summed E-state index contributed by atoms with van der Waals surface area (Å²) in [7, 11) is -3.74. The highest BCUT2D eigenvalue weighted by Crippen LogP contribution is 2.25. The first-order valence-corrected chi connectivity index (χ1v) is 13.3. The highest BCUT2D eigenvalue weighted by molar-refractivity contribution is 7.93. The number of hydrogen-bond donors (Lipinski definition) is 2. The van der Waals surface area contributed by atoms with E-state index in [1.165, 1.54) is 12.4 Å². The first-order valence-electron chi connectivity index (χ1n) is 11.0. The molecule has 2 aromatic carbocycles. The molecule has 5 rings (SSSR count). The number of nitrogens with one attached hydrogen (secondary N) is 2. The summed E-state index contributed by atoms with van der Waals surface area (Å²) in [6.07, 6.45) is 3.78. The van der Waals surface area contributed by atoms with E-state index in [4.69, 9.17) is 0 Å². The van der Waals surface area contributed by atoms with Gasteiger partial charge in [0.15, 0.2) is 0 Å². The van der Waals surface area contributed by atoms with E-state index >= 15 is 0 Å². The van der Waals surface area contributed by atoms with Gasteiger partial charge in [-0.05, 0) is 55.8 Å². The number of amides is 1. The lowest BCUT2D eigenvalue weighted by Gasteiger charge is -2.21. The van der Waals surface area contributed by atoms with Crippen molar-refractivity contribution in [1.29, 1.82) is 0 Å². The van der Waals surface area contributed by atoms with Crippen molar-refractivity contribution in [2.75, 3.05) is 22.7 Å². The van der Waals surface area contributed by atoms with Crippen LogP contribution in [0.5, 0.6) is 0 Å². The van der Waals surface area contributed by atoms with Crippen LogP contribution in [-0.2, 0) is 14.8 Å². The average molecular weight is 515 g/mol. The molecule has 2 atom stereocenters. The number of nitrogens with zero attached hydrogens (tertiary/aromatic N) is 4. The number of hydrogen-bond acceptors (Lipinski definition) is 7. The van der Waals surface area contributed by atoms with Crippen LogP contribution in [0.4, 0.5) is 15.2 Å². The number of aromatic nitrogens is 3. The van der Waals surface area contributed by atoms with E-state index in [0.717, 1.165) is 30.2 Å². The summed E-state index contributed by atoms with van der Waals surface area (Å²) in [4.78, 5) is 19.0. The third-order valence-electron chi connectivity index (χ3n) is 6.14. The predicted octanol–water partition coefficient (Wildman–Crippen LogP) is 3.39. The normalized spacial score (nSPS) is 17.0. The van der Waals surface area contributed by atoms with Crippen molar-refractivity contribution in [2.24, 2.45) is 0 Å². The summed E-state index contributed by atoms with van der Waals surface area (Å²) in [5.41, 5.74) is 1.55. The van der Waals surface area contributed by atoms with Gasteiger partial charge in [0, 0.05) is 47.9 Å². The van der Waals surface area contributed by atoms with Gasteiger partial charge in [-0.1, -0.05) is 6.07 Å². The molecule has 0 radical (unpaired) electrons. The van der Waals surface area contributed by atoms with Gasteiger partial charge in [0.1, 0.15) is 18.2 Å². The third kappa shape index (κ3) is 4.71. The van der Waals surface area contributed by atoms with Gasteiger partial charge in [-0.3, -0.25) is 9.52 Å². The maximum absolute atomic E-state index is 14.0. The van der Waals surface area contributed by atoms with Gasteiger partial charge in [0.05, 0.1) is 10.4 Å². The average Bonchev–Trinajstić information content (AvgIpc) is 3.60. The Labute approximate surface area is 205 Å². The number of benzene rings is 2. The zero-order valence-corrected chi connectivity index (χ0v) is 20.4. The second-order valence-corrected chi connectivity index (χ2v) is 10.8. The van der Waals surface area contributed by atoms with Crippen LogP contribution in [0.3, 0.4) is 0 Å². The maximum atomic E-state index is 14.0. The monoisotopic (exact) mass is 514 g/mol. The number of fused-ring (bicyclic) bond motifs is 1. The van der Waals surface area contributed by atoms with Crippen LogP contribution in [0.15, 0.2) is 66.0 Å². The van der Waals surface area contributed by atoms with E-state index in [1.807, 2.05) is 0 Å². The van der Waals surface area contributed by atoms with Gasteiger partial charge in [0.2, 0.25) is 11.0 Å². The van der Waals surface area contributed by atoms with Crippen LogP contribution in [0.25, 0.3) is 10.9 Å². The Kier molecular flexibility index (Phi) is 6.15. The topological polar surface area (TPSA) is 109 Å². The number of sulfonamides is 1. The zero-order valence-electron chi connectivity index (χ0n) is 18.8. The number of carbonyl (C=O) groups excluding carboxylic acids is 1. The highest BCUT2D eigenvalue weighted by Gasteiger charge is 2.27. The van der Waals surface area contributed by atoms with Gasteiger partial charge in [-0.25, -0.2) is 17.8 Å². The molecule has 35 heavy (non-hydrogen) atoms. The minimum Gasteiger partial charge on any atom is -0.369 e. The lowest BCUT2D eigenvalue weighted by molar-refractivity contribution is -0.124. The van der Waals surface area contributed by atoms with E-state index in [0.29, 0.717) is 17.4 Å². The standard InChI is InChI=1S/C23H23FN6O3S2/c1-15(30-12-10-19-20(24)3-2-4-21(19)30)22(31)27-16-9-11-29(13-16)17-5-7-18(8-6-17)35(32,33)28-23-25-14-26-34-23/h2-8,10,12,14-16H,9,11,13H2,1H3,(H,27,31)(H,25,26,28)/t15-,16+/m1/s1. The summed E-state index contributed by atoms with van der Waals surface area (Å²) in [6, 6.07) is 12.6. The molecule has 0 saturated carbocycles. The summed E-state index contributed by atoms with van der Waals surface area (Å²) < 4.78 is 47.0. The van der Waals surface area contributed by atoms with Crippen molar-refractivity contribution in [3.05, 3.63) is 66.9 Å². The SMILES string of the molecule is C[C@H](C(=O)N[C@H]1CCN(c2ccc(S(=O)(=O)Nc3ncns3)cc2)C1)n1ccc2c(F)cccc21. The Bertz CT molecular complexity index is 1450. The van der Waals surface area contributed by atoms with Crippen molar-refractivity contribution >= 4 is 49.2 Å². The molecule has 1 amide bonds. The fourth-order valence-electron chi connectivity index (χ4n) is 4.28. The van der Waals surface area contributed by atoms with Gasteiger partial charge in [-0.2, -0.15) is 4.37 Å². The molecule has 0 unspecified atom stereocenters. The molecule has 9 nitrogen and oxygen atoms in total. The van der Waals surface area contributed by atoms with Crippen molar-refractivity contribution in [2.45, 2.75) is 30.3 Å². The smallest absolute Gasteiger partial charge is 0.263 e. The molecule has 3 heterocycles. The molecule has 4 aromatic rings. The molecule has 12 heteroatoms. The number of carbonyl (C=O) groups is 1. The molecule has 2 aromatic heterocycles. The largest absolute Gasteiger partial charge is 0.369 e. The lowest BCUT2D eigenvalue weighted by Crippen LogP contribution is -2.40. The number of rotatable bonds is 7. The van der Waals surface area contributed by atoms with Gasteiger partial charge < -0.3 is 14.8 Å². The van der Waals surface area contributed by atoms with E-state index in [9.17, 15) is 17.6 Å². The van der Waals surface area contributed by atoms with E-state index in [-0.39, 0.29) is 27.8 Å². The second-order valence-electron chi connectivity index (χ2n) is 8.36. The molecule has 2 N–H and O–H groups in total. The molecule has 1 aliphatic rings. The van der Waals surface area contributed by atoms with Crippen LogP contribution in [0.1, 0.15) is 19.4 Å². The molecular formula is C23H23FN6O3S2. The van der Waals surface area contributed by atoms with Crippen LogP contribution in [0, 0.1) is 5.82 Å². The van der Waals surface area contributed by atoms with E-state index in [1.54, 1.807) is 60.2 Å². The minimum atomic E-state index is -3.74. The van der Waals surface area contributed by atoms with E-state index < -0.39 is 16.1 Å². The quantitative estimate of drug-likeness (QED) is 0.391. The Morgan fingerprint density at radius 3 is 2.74 bits per heavy atom. The first-order chi connectivity index (χ1) is 16.8. The van der Waals surface area contributed by atoms with Gasteiger partial charge >= 0.3 is 0 Å². The van der Waals surface area contributed by atoms with E-state index in [2.05, 4.69) is 24.3 Å². The Morgan fingerprint density at radius 2 is 2.00 bits per heavy atom. The molecule has 0 aliphatic carbocycles. The molecule has 1 aliphatic heterocycles. The van der Waals surface area contributed by atoms with Crippen molar-refractivity contribution in [3.63, 3.8) is 0 Å². The van der Waals surface area contributed by atoms with Crippen LogP contribution in [0.2, 0.25) is 0 Å². The number of halogens is 1. The van der Waals surface area contributed by atoms with Crippen molar-refractivity contribution in [3.8, 4) is 0 Å². The fourth-order valence-corrected chi connectivity index (χ4v) is 5.94. The summed E-state index contributed by atoms with van der Waals surface area (Å²) in [5.74, 6) is -0.446. The van der Waals surface area contributed by atoms with Crippen molar-refractivity contribution < 1.29 is 17.6 Å². The molecule has 1 fully saturated rings. The molecule has 1 saturated heterocycles. The predicted molar refractivity (Wildman–Crippen MR) is 133 cm³/mol. The summed E-state index contributed by atoms with van der Waals surface area (Å²) >= 11 is 0.963. The molecule has 182 valence electrons. The molecule has 0 bridgehead atoms. The van der Waals surface area contributed by atoms with Crippen LogP contribution in [-0.4, -0.2) is 47.4 Å². The Balaban J connectivity index is 1.21. The fraction of sp³-hybridized carbons (Fsp3) is 0.261. The Hall–Kier alpha value is -3.51. The van der Waals surface area contributed by atoms with Gasteiger partial charge in [-0.15, -0.1) is 0 Å². The summed E-state index contributed by atoms with van der Waals surface area (Å²) in [5, 5.41) is 3.79.